The van der Waals surface area contributed by atoms with E-state index in [1.807, 2.05) is 31.2 Å². The Balaban J connectivity index is 1.78. The van der Waals surface area contributed by atoms with Crippen molar-refractivity contribution in [1.82, 2.24) is 4.72 Å². The van der Waals surface area contributed by atoms with Gasteiger partial charge < -0.3 is 9.47 Å². The summed E-state index contributed by atoms with van der Waals surface area (Å²) in [7, 11) is -3.65. The van der Waals surface area contributed by atoms with E-state index in [2.05, 4.69) is 18.6 Å². The lowest BCUT2D eigenvalue weighted by molar-refractivity contribution is 0.171. The van der Waals surface area contributed by atoms with E-state index in [4.69, 9.17) is 9.47 Å². The van der Waals surface area contributed by atoms with E-state index in [9.17, 15) is 8.42 Å². The molecule has 0 amide bonds. The van der Waals surface area contributed by atoms with E-state index in [-0.39, 0.29) is 10.9 Å². The summed E-state index contributed by atoms with van der Waals surface area (Å²) in [4.78, 5) is 0.169. The molecule has 3 rings (SSSR count). The van der Waals surface area contributed by atoms with Crippen LogP contribution in [0.4, 0.5) is 0 Å². The Morgan fingerprint density at radius 1 is 0.880 bits per heavy atom. The van der Waals surface area contributed by atoms with Crippen LogP contribution in [0, 0.1) is 0 Å². The number of hydrogen-bond donors (Lipinski definition) is 1. The van der Waals surface area contributed by atoms with Crippen LogP contribution < -0.4 is 14.2 Å². The maximum absolute atomic E-state index is 12.7. The van der Waals surface area contributed by atoms with Gasteiger partial charge in [-0.3, -0.25) is 0 Å². The van der Waals surface area contributed by atoms with Crippen molar-refractivity contribution < 1.29 is 17.9 Å². The maximum Gasteiger partial charge on any atom is 0.241 e. The van der Waals surface area contributed by atoms with Gasteiger partial charge in [-0.05, 0) is 36.1 Å². The number of rotatable bonds is 5. The molecule has 6 heteroatoms. The Labute approximate surface area is 149 Å². The van der Waals surface area contributed by atoms with Crippen LogP contribution in [0.15, 0.2) is 47.4 Å². The van der Waals surface area contributed by atoms with E-state index >= 15 is 0 Å². The first kappa shape index (κ1) is 17.8. The second-order valence-corrected chi connectivity index (χ2v) is 8.18. The Morgan fingerprint density at radius 3 is 2.12 bits per heavy atom. The van der Waals surface area contributed by atoms with Crippen LogP contribution in [0.3, 0.4) is 0 Å². The smallest absolute Gasteiger partial charge is 0.241 e. The molecule has 5 nitrogen and oxygen atoms in total. The molecule has 0 fully saturated rings. The summed E-state index contributed by atoms with van der Waals surface area (Å²) < 4.78 is 39.0. The van der Waals surface area contributed by atoms with Crippen molar-refractivity contribution >= 4 is 10.0 Å². The largest absolute Gasteiger partial charge is 0.486 e. The van der Waals surface area contributed by atoms with Gasteiger partial charge in [-0.25, -0.2) is 13.1 Å². The van der Waals surface area contributed by atoms with Gasteiger partial charge in [0, 0.05) is 12.1 Å². The van der Waals surface area contributed by atoms with Gasteiger partial charge in [0.05, 0.1) is 4.90 Å². The van der Waals surface area contributed by atoms with Gasteiger partial charge in [-0.15, -0.1) is 0 Å². The third kappa shape index (κ3) is 3.96. The molecule has 0 unspecified atom stereocenters. The quantitative estimate of drug-likeness (QED) is 0.883. The molecule has 1 heterocycles. The molecule has 0 radical (unpaired) electrons. The van der Waals surface area contributed by atoms with E-state index in [0.717, 1.165) is 5.56 Å². The Hall–Kier alpha value is -2.05. The minimum atomic E-state index is -3.65. The van der Waals surface area contributed by atoms with Crippen LogP contribution in [-0.4, -0.2) is 21.6 Å². The fraction of sp³-hybridized carbons (Fsp3) is 0.368. The zero-order chi connectivity index (χ0) is 18.0. The molecule has 134 valence electrons. The number of sulfonamides is 1. The van der Waals surface area contributed by atoms with Gasteiger partial charge in [0.1, 0.15) is 13.2 Å². The molecule has 0 aliphatic carbocycles. The molecule has 2 aromatic rings. The molecule has 0 spiro atoms. The van der Waals surface area contributed by atoms with Gasteiger partial charge in [0.15, 0.2) is 11.5 Å². The summed E-state index contributed by atoms with van der Waals surface area (Å²) in [5, 5.41) is 0. The van der Waals surface area contributed by atoms with E-state index in [1.165, 1.54) is 17.7 Å². The predicted octanol–water partition coefficient (Wildman–Crippen LogP) is 3.62. The van der Waals surface area contributed by atoms with Crippen molar-refractivity contribution in [3.63, 3.8) is 0 Å². The maximum atomic E-state index is 12.7. The Morgan fingerprint density at radius 2 is 1.48 bits per heavy atom. The topological polar surface area (TPSA) is 64.6 Å². The van der Waals surface area contributed by atoms with Crippen molar-refractivity contribution in [3.8, 4) is 11.5 Å². The second kappa shape index (κ2) is 7.06. The van der Waals surface area contributed by atoms with Crippen LogP contribution in [0.2, 0.25) is 0 Å². The molecule has 1 atom stereocenters. The first-order valence-electron chi connectivity index (χ1n) is 8.38. The van der Waals surface area contributed by atoms with Crippen molar-refractivity contribution in [3.05, 3.63) is 53.6 Å². The summed E-state index contributed by atoms with van der Waals surface area (Å²) in [6.07, 6.45) is 0. The van der Waals surface area contributed by atoms with Crippen molar-refractivity contribution in [2.75, 3.05) is 13.2 Å². The van der Waals surface area contributed by atoms with Crippen LogP contribution in [0.5, 0.6) is 11.5 Å². The average Bonchev–Trinajstić information content (AvgIpc) is 2.61. The first-order chi connectivity index (χ1) is 11.9. The molecule has 25 heavy (non-hydrogen) atoms. The zero-order valence-electron chi connectivity index (χ0n) is 14.7. The summed E-state index contributed by atoms with van der Waals surface area (Å²) in [6, 6.07) is 12.3. The normalized spacial score (nSPS) is 15.2. The van der Waals surface area contributed by atoms with E-state index in [1.54, 1.807) is 6.07 Å². The fourth-order valence-corrected chi connectivity index (χ4v) is 3.98. The Kier molecular flexibility index (Phi) is 5.01. The third-order valence-corrected chi connectivity index (χ3v) is 5.80. The molecule has 1 N–H and O–H groups in total. The lowest BCUT2D eigenvalue weighted by Crippen LogP contribution is -2.27. The molecule has 0 saturated heterocycles. The highest BCUT2D eigenvalue weighted by molar-refractivity contribution is 7.89. The molecule has 2 aromatic carbocycles. The highest BCUT2D eigenvalue weighted by atomic mass is 32.2. The van der Waals surface area contributed by atoms with Gasteiger partial charge >= 0.3 is 0 Å². The molecule has 0 saturated carbocycles. The van der Waals surface area contributed by atoms with E-state index in [0.29, 0.717) is 30.6 Å². The number of nitrogens with one attached hydrogen (secondary N) is 1. The van der Waals surface area contributed by atoms with Gasteiger partial charge in [-0.2, -0.15) is 0 Å². The molecule has 1 aliphatic rings. The SMILES string of the molecule is CC(C)c1ccc([C@H](C)NS(=O)(=O)c2ccc3c(c2)OCCO3)cc1. The summed E-state index contributed by atoms with van der Waals surface area (Å²) in [6.45, 7) is 6.98. The monoisotopic (exact) mass is 361 g/mol. The van der Waals surface area contributed by atoms with Gasteiger partial charge in [0.2, 0.25) is 10.0 Å². The number of hydrogen-bond acceptors (Lipinski definition) is 4. The minimum absolute atomic E-state index is 0.169. The van der Waals surface area contributed by atoms with Crippen LogP contribution in [0.25, 0.3) is 0 Å². The summed E-state index contributed by atoms with van der Waals surface area (Å²) in [5.74, 6) is 1.48. The molecule has 0 bridgehead atoms. The number of benzene rings is 2. The van der Waals surface area contributed by atoms with Crippen molar-refractivity contribution in [2.45, 2.75) is 37.6 Å². The molecular weight excluding hydrogens is 338 g/mol. The minimum Gasteiger partial charge on any atom is -0.486 e. The molecule has 0 aromatic heterocycles. The third-order valence-electron chi connectivity index (χ3n) is 4.26. The number of ether oxygens (including phenoxy) is 2. The predicted molar refractivity (Wildman–Crippen MR) is 96.7 cm³/mol. The van der Waals surface area contributed by atoms with E-state index < -0.39 is 10.0 Å². The van der Waals surface area contributed by atoms with Crippen molar-refractivity contribution in [1.29, 1.82) is 0 Å². The summed E-state index contributed by atoms with van der Waals surface area (Å²) in [5.41, 5.74) is 2.15. The summed E-state index contributed by atoms with van der Waals surface area (Å²) >= 11 is 0. The lowest BCUT2D eigenvalue weighted by Gasteiger charge is -2.20. The number of fused-ring (bicyclic) bond motifs is 1. The first-order valence-corrected chi connectivity index (χ1v) is 9.87. The van der Waals surface area contributed by atoms with Gasteiger partial charge in [0.25, 0.3) is 0 Å². The van der Waals surface area contributed by atoms with Gasteiger partial charge in [-0.1, -0.05) is 38.1 Å². The van der Waals surface area contributed by atoms with Crippen LogP contribution in [0.1, 0.15) is 43.9 Å². The lowest BCUT2D eigenvalue weighted by atomic mass is 10.00. The van der Waals surface area contributed by atoms with Crippen LogP contribution >= 0.6 is 0 Å². The average molecular weight is 361 g/mol. The molecular formula is C19H23NO4S. The van der Waals surface area contributed by atoms with Crippen LogP contribution in [-0.2, 0) is 10.0 Å². The standard InChI is InChI=1S/C19H23NO4S/c1-13(2)15-4-6-16(7-5-15)14(3)20-25(21,22)17-8-9-18-19(12-17)24-11-10-23-18/h4-9,12-14,20H,10-11H2,1-3H3/t14-/m0/s1. The highest BCUT2D eigenvalue weighted by Crippen LogP contribution is 2.32. The fourth-order valence-electron chi connectivity index (χ4n) is 2.73. The second-order valence-electron chi connectivity index (χ2n) is 6.47. The Bertz CT molecular complexity index is 844. The highest BCUT2D eigenvalue weighted by Gasteiger charge is 2.21. The van der Waals surface area contributed by atoms with Crippen molar-refractivity contribution in [2.24, 2.45) is 0 Å². The zero-order valence-corrected chi connectivity index (χ0v) is 15.5. The molecule has 1 aliphatic heterocycles.